The maximum atomic E-state index is 10.7. The van der Waals surface area contributed by atoms with E-state index in [4.69, 9.17) is 10.8 Å². The van der Waals surface area contributed by atoms with Gasteiger partial charge in [-0.1, -0.05) is 0 Å². The third-order valence-corrected chi connectivity index (χ3v) is 2.17. The lowest BCUT2D eigenvalue weighted by molar-refractivity contribution is 0.131. The SMILES string of the molecule is Nc1cnn2c1CN(C(=O)O)CC2. The highest BCUT2D eigenvalue weighted by Crippen LogP contribution is 2.17. The van der Waals surface area contributed by atoms with E-state index in [1.54, 1.807) is 10.9 Å². The van der Waals surface area contributed by atoms with Gasteiger partial charge in [0.05, 0.1) is 30.7 Å². The zero-order valence-electron chi connectivity index (χ0n) is 6.97. The number of nitrogens with zero attached hydrogens (tertiary/aromatic N) is 3. The number of hydrogen-bond donors (Lipinski definition) is 2. The Morgan fingerprint density at radius 2 is 2.38 bits per heavy atom. The van der Waals surface area contributed by atoms with Crippen LogP contribution in [0.1, 0.15) is 5.69 Å². The lowest BCUT2D eigenvalue weighted by atomic mass is 10.3. The smallest absolute Gasteiger partial charge is 0.407 e. The van der Waals surface area contributed by atoms with E-state index in [9.17, 15) is 4.79 Å². The fourth-order valence-corrected chi connectivity index (χ4v) is 1.43. The molecule has 1 aromatic rings. The van der Waals surface area contributed by atoms with Crippen LogP contribution < -0.4 is 5.73 Å². The van der Waals surface area contributed by atoms with E-state index in [-0.39, 0.29) is 0 Å². The number of nitrogens with two attached hydrogens (primary N) is 1. The van der Waals surface area contributed by atoms with Crippen molar-refractivity contribution >= 4 is 11.8 Å². The molecule has 3 N–H and O–H groups in total. The average molecular weight is 182 g/mol. The molecule has 0 aromatic carbocycles. The van der Waals surface area contributed by atoms with Gasteiger partial charge in [-0.15, -0.1) is 0 Å². The maximum absolute atomic E-state index is 10.7. The largest absolute Gasteiger partial charge is 0.465 e. The maximum Gasteiger partial charge on any atom is 0.407 e. The Labute approximate surface area is 74.5 Å². The molecule has 0 unspecified atom stereocenters. The van der Waals surface area contributed by atoms with Crippen LogP contribution in [0.4, 0.5) is 10.5 Å². The minimum atomic E-state index is -0.910. The predicted molar refractivity (Wildman–Crippen MR) is 45.1 cm³/mol. The molecular formula is C7H10N4O2. The monoisotopic (exact) mass is 182 g/mol. The van der Waals surface area contributed by atoms with Crippen LogP contribution in [-0.2, 0) is 13.1 Å². The Hall–Kier alpha value is -1.72. The summed E-state index contributed by atoms with van der Waals surface area (Å²) >= 11 is 0. The molecule has 0 fully saturated rings. The summed E-state index contributed by atoms with van der Waals surface area (Å²) < 4.78 is 1.74. The Balaban J connectivity index is 2.27. The van der Waals surface area contributed by atoms with Gasteiger partial charge < -0.3 is 15.7 Å². The van der Waals surface area contributed by atoms with E-state index in [2.05, 4.69) is 5.10 Å². The Morgan fingerprint density at radius 3 is 3.08 bits per heavy atom. The van der Waals surface area contributed by atoms with Crippen molar-refractivity contribution in [3.05, 3.63) is 11.9 Å². The van der Waals surface area contributed by atoms with Crippen molar-refractivity contribution in [3.63, 3.8) is 0 Å². The summed E-state index contributed by atoms with van der Waals surface area (Å²) in [4.78, 5) is 12.0. The lowest BCUT2D eigenvalue weighted by Gasteiger charge is -2.25. The molecule has 13 heavy (non-hydrogen) atoms. The zero-order chi connectivity index (χ0) is 9.42. The van der Waals surface area contributed by atoms with Gasteiger partial charge in [0.15, 0.2) is 0 Å². The summed E-state index contributed by atoms with van der Waals surface area (Å²) in [5.41, 5.74) is 6.97. The molecule has 1 aliphatic rings. The molecule has 70 valence electrons. The number of nitrogen functional groups attached to an aromatic ring is 1. The standard InChI is InChI=1S/C7H10N4O2/c8-5-3-9-11-2-1-10(7(12)13)4-6(5)11/h3H,1-2,4,8H2,(H,12,13). The molecule has 2 rings (SSSR count). The zero-order valence-corrected chi connectivity index (χ0v) is 6.97. The van der Waals surface area contributed by atoms with Crippen LogP contribution in [0.2, 0.25) is 0 Å². The van der Waals surface area contributed by atoms with Gasteiger partial charge in [-0.2, -0.15) is 5.10 Å². The van der Waals surface area contributed by atoms with E-state index >= 15 is 0 Å². The van der Waals surface area contributed by atoms with Crippen LogP contribution in [0.3, 0.4) is 0 Å². The normalized spacial score (nSPS) is 15.5. The molecule has 6 nitrogen and oxygen atoms in total. The van der Waals surface area contributed by atoms with Crippen molar-refractivity contribution in [1.29, 1.82) is 0 Å². The highest BCUT2D eigenvalue weighted by atomic mass is 16.4. The molecule has 0 aliphatic carbocycles. The van der Waals surface area contributed by atoms with E-state index < -0.39 is 6.09 Å². The highest BCUT2D eigenvalue weighted by Gasteiger charge is 2.22. The fraction of sp³-hybridized carbons (Fsp3) is 0.429. The number of rotatable bonds is 0. The highest BCUT2D eigenvalue weighted by molar-refractivity contribution is 5.65. The van der Waals surface area contributed by atoms with Gasteiger partial charge in [-0.25, -0.2) is 4.79 Å². The summed E-state index contributed by atoms with van der Waals surface area (Å²) in [6.45, 7) is 1.39. The molecule has 0 saturated carbocycles. The second kappa shape index (κ2) is 2.65. The number of amides is 1. The number of hydrogen-bond acceptors (Lipinski definition) is 3. The van der Waals surface area contributed by atoms with Gasteiger partial charge in [-0.05, 0) is 0 Å². The van der Waals surface area contributed by atoms with Crippen molar-refractivity contribution in [2.24, 2.45) is 0 Å². The quantitative estimate of drug-likeness (QED) is 0.589. The molecule has 0 spiro atoms. The summed E-state index contributed by atoms with van der Waals surface area (Å²) in [6, 6.07) is 0. The molecular weight excluding hydrogens is 172 g/mol. The van der Waals surface area contributed by atoms with E-state index in [1.165, 1.54) is 4.90 Å². The number of carboxylic acid groups (broad SMARTS) is 1. The number of aromatic nitrogens is 2. The summed E-state index contributed by atoms with van der Waals surface area (Å²) in [5.74, 6) is 0. The summed E-state index contributed by atoms with van der Waals surface area (Å²) in [6.07, 6.45) is 0.646. The fourth-order valence-electron chi connectivity index (χ4n) is 1.43. The molecule has 1 amide bonds. The van der Waals surface area contributed by atoms with Crippen molar-refractivity contribution in [3.8, 4) is 0 Å². The minimum Gasteiger partial charge on any atom is -0.465 e. The number of anilines is 1. The van der Waals surface area contributed by atoms with Gasteiger partial charge in [0.1, 0.15) is 0 Å². The predicted octanol–water partition coefficient (Wildman–Crippen LogP) is -0.0411. The Kier molecular flexibility index (Phi) is 1.61. The third kappa shape index (κ3) is 1.20. The van der Waals surface area contributed by atoms with Crippen molar-refractivity contribution < 1.29 is 9.90 Å². The van der Waals surface area contributed by atoms with Crippen LogP contribution in [0.15, 0.2) is 6.20 Å². The molecule has 0 saturated heterocycles. The number of fused-ring (bicyclic) bond motifs is 1. The van der Waals surface area contributed by atoms with Crippen LogP contribution in [0.25, 0.3) is 0 Å². The Bertz CT molecular complexity index is 346. The Morgan fingerprint density at radius 1 is 1.62 bits per heavy atom. The molecule has 0 atom stereocenters. The molecule has 0 bridgehead atoms. The first-order valence-electron chi connectivity index (χ1n) is 3.96. The third-order valence-electron chi connectivity index (χ3n) is 2.17. The second-order valence-electron chi connectivity index (χ2n) is 2.97. The molecule has 6 heteroatoms. The van der Waals surface area contributed by atoms with Crippen LogP contribution in [-0.4, -0.2) is 32.4 Å². The van der Waals surface area contributed by atoms with Gasteiger partial charge in [0.2, 0.25) is 0 Å². The van der Waals surface area contributed by atoms with Gasteiger partial charge in [-0.3, -0.25) is 4.68 Å². The number of carbonyl (C=O) groups is 1. The van der Waals surface area contributed by atoms with Gasteiger partial charge >= 0.3 is 6.09 Å². The topological polar surface area (TPSA) is 84.4 Å². The first kappa shape index (κ1) is 7.90. The van der Waals surface area contributed by atoms with Crippen LogP contribution in [0.5, 0.6) is 0 Å². The van der Waals surface area contributed by atoms with Crippen molar-refractivity contribution in [2.45, 2.75) is 13.1 Å². The molecule has 1 aliphatic heterocycles. The summed E-state index contributed by atoms with van der Waals surface area (Å²) in [5, 5.41) is 12.8. The van der Waals surface area contributed by atoms with E-state index in [0.717, 1.165) is 5.69 Å². The minimum absolute atomic E-state index is 0.334. The van der Waals surface area contributed by atoms with Crippen LogP contribution >= 0.6 is 0 Å². The molecule has 0 radical (unpaired) electrons. The molecule has 2 heterocycles. The van der Waals surface area contributed by atoms with Crippen molar-refractivity contribution in [1.82, 2.24) is 14.7 Å². The first-order chi connectivity index (χ1) is 6.18. The van der Waals surface area contributed by atoms with E-state index in [1.807, 2.05) is 0 Å². The summed E-state index contributed by atoms with van der Waals surface area (Å²) in [7, 11) is 0. The lowest BCUT2D eigenvalue weighted by Crippen LogP contribution is -2.37. The van der Waals surface area contributed by atoms with Gasteiger partial charge in [0, 0.05) is 6.54 Å². The van der Waals surface area contributed by atoms with Gasteiger partial charge in [0.25, 0.3) is 0 Å². The second-order valence-corrected chi connectivity index (χ2v) is 2.97. The van der Waals surface area contributed by atoms with E-state index in [0.29, 0.717) is 25.3 Å². The molecule has 1 aromatic heterocycles. The van der Waals surface area contributed by atoms with Crippen LogP contribution in [0, 0.1) is 0 Å². The van der Waals surface area contributed by atoms with Crippen molar-refractivity contribution in [2.75, 3.05) is 12.3 Å². The first-order valence-corrected chi connectivity index (χ1v) is 3.96. The average Bonchev–Trinajstić information content (AvgIpc) is 2.47.